The van der Waals surface area contributed by atoms with Gasteiger partial charge >= 0.3 is 0 Å². The molecule has 2 nitrogen and oxygen atoms in total. The van der Waals surface area contributed by atoms with E-state index in [2.05, 4.69) is 12.1 Å². The average molecular weight is 254 g/mol. The van der Waals surface area contributed by atoms with Crippen molar-refractivity contribution in [3.63, 3.8) is 0 Å². The molecule has 2 atom stereocenters. The third-order valence-corrected chi connectivity index (χ3v) is 3.79. The van der Waals surface area contributed by atoms with Gasteiger partial charge in [0.15, 0.2) is 0 Å². The summed E-state index contributed by atoms with van der Waals surface area (Å²) in [5, 5.41) is 20.1. The van der Waals surface area contributed by atoms with Crippen molar-refractivity contribution < 1.29 is 10.2 Å². The molecule has 0 spiro atoms. The maximum atomic E-state index is 10.1. The van der Waals surface area contributed by atoms with Crippen LogP contribution in [0.2, 0.25) is 0 Å². The number of rotatable bonds is 4. The first-order chi connectivity index (χ1) is 9.25. The van der Waals surface area contributed by atoms with Gasteiger partial charge in [-0.05, 0) is 35.4 Å². The minimum atomic E-state index is -0.766. The summed E-state index contributed by atoms with van der Waals surface area (Å²) in [6, 6.07) is 17.9. The van der Waals surface area contributed by atoms with Crippen LogP contribution in [0.15, 0.2) is 54.6 Å². The van der Waals surface area contributed by atoms with Crippen LogP contribution in [0.5, 0.6) is 0 Å². The Bertz CT molecular complexity index is 529. The van der Waals surface area contributed by atoms with Gasteiger partial charge in [-0.25, -0.2) is 0 Å². The standard InChI is InChI=1S/C17H18O2/c18-16(17(19)15-10-11-15)14-8-6-13(7-9-14)12-4-2-1-3-5-12/h1-9,15-19H,10-11H2. The van der Waals surface area contributed by atoms with Crippen LogP contribution in [-0.2, 0) is 0 Å². The van der Waals surface area contributed by atoms with Crippen LogP contribution in [0.1, 0.15) is 24.5 Å². The first kappa shape index (κ1) is 12.4. The Kier molecular flexibility index (Phi) is 3.36. The fraction of sp³-hybridized carbons (Fsp3) is 0.294. The van der Waals surface area contributed by atoms with Crippen LogP contribution in [0, 0.1) is 5.92 Å². The largest absolute Gasteiger partial charge is 0.390 e. The molecule has 2 heteroatoms. The molecule has 3 rings (SSSR count). The number of aliphatic hydroxyl groups is 2. The monoisotopic (exact) mass is 254 g/mol. The lowest BCUT2D eigenvalue weighted by Crippen LogP contribution is -2.20. The maximum absolute atomic E-state index is 10.1. The van der Waals surface area contributed by atoms with E-state index in [1.807, 2.05) is 42.5 Å². The van der Waals surface area contributed by atoms with Crippen molar-refractivity contribution in [2.45, 2.75) is 25.0 Å². The van der Waals surface area contributed by atoms with Gasteiger partial charge in [0.2, 0.25) is 0 Å². The van der Waals surface area contributed by atoms with Gasteiger partial charge in [0.1, 0.15) is 6.10 Å². The highest BCUT2D eigenvalue weighted by Crippen LogP contribution is 2.38. The molecule has 2 aromatic rings. The lowest BCUT2D eigenvalue weighted by Gasteiger charge is -2.17. The van der Waals surface area contributed by atoms with Crippen LogP contribution in [0.3, 0.4) is 0 Å². The van der Waals surface area contributed by atoms with Crippen LogP contribution < -0.4 is 0 Å². The summed E-state index contributed by atoms with van der Waals surface area (Å²) in [5.41, 5.74) is 3.07. The van der Waals surface area contributed by atoms with E-state index in [0.717, 1.165) is 29.5 Å². The van der Waals surface area contributed by atoms with Gasteiger partial charge in [0.05, 0.1) is 6.10 Å². The molecule has 19 heavy (non-hydrogen) atoms. The highest BCUT2D eigenvalue weighted by molar-refractivity contribution is 5.63. The Hall–Kier alpha value is -1.64. The van der Waals surface area contributed by atoms with Gasteiger partial charge in [0, 0.05) is 0 Å². The highest BCUT2D eigenvalue weighted by atomic mass is 16.3. The summed E-state index contributed by atoms with van der Waals surface area (Å²) in [6.07, 6.45) is 0.667. The second kappa shape index (κ2) is 5.16. The molecule has 0 amide bonds. The highest BCUT2D eigenvalue weighted by Gasteiger charge is 2.34. The van der Waals surface area contributed by atoms with E-state index in [0.29, 0.717) is 0 Å². The summed E-state index contributed by atoms with van der Waals surface area (Å²) >= 11 is 0. The van der Waals surface area contributed by atoms with Crippen molar-refractivity contribution in [2.24, 2.45) is 5.92 Å². The van der Waals surface area contributed by atoms with E-state index in [1.54, 1.807) is 0 Å². The molecule has 0 aliphatic heterocycles. The molecule has 1 aliphatic carbocycles. The Balaban J connectivity index is 1.78. The van der Waals surface area contributed by atoms with Crippen LogP contribution in [-0.4, -0.2) is 16.3 Å². The van der Waals surface area contributed by atoms with Crippen molar-refractivity contribution in [1.82, 2.24) is 0 Å². The molecule has 0 saturated heterocycles. The SMILES string of the molecule is OC(c1ccc(-c2ccccc2)cc1)C(O)C1CC1. The van der Waals surface area contributed by atoms with E-state index in [9.17, 15) is 10.2 Å². The number of benzene rings is 2. The lowest BCUT2D eigenvalue weighted by molar-refractivity contribution is 0.00485. The zero-order valence-electron chi connectivity index (χ0n) is 10.7. The number of aliphatic hydroxyl groups excluding tert-OH is 2. The summed E-state index contributed by atoms with van der Waals surface area (Å²) in [7, 11) is 0. The molecular formula is C17H18O2. The van der Waals surface area contributed by atoms with E-state index >= 15 is 0 Å². The van der Waals surface area contributed by atoms with E-state index in [4.69, 9.17) is 0 Å². The fourth-order valence-electron chi connectivity index (χ4n) is 2.40. The van der Waals surface area contributed by atoms with Gasteiger partial charge in [-0.15, -0.1) is 0 Å². The summed E-state index contributed by atoms with van der Waals surface area (Å²) in [6.45, 7) is 0. The van der Waals surface area contributed by atoms with Gasteiger partial charge in [-0.1, -0.05) is 54.6 Å². The number of hydrogen-bond acceptors (Lipinski definition) is 2. The quantitative estimate of drug-likeness (QED) is 0.880. The molecule has 0 radical (unpaired) electrons. The topological polar surface area (TPSA) is 40.5 Å². The second-order valence-corrected chi connectivity index (χ2v) is 5.26. The summed E-state index contributed by atoms with van der Waals surface area (Å²) < 4.78 is 0. The minimum absolute atomic E-state index is 0.281. The van der Waals surface area contributed by atoms with Gasteiger partial charge in [-0.2, -0.15) is 0 Å². The first-order valence-corrected chi connectivity index (χ1v) is 6.77. The van der Waals surface area contributed by atoms with E-state index in [1.165, 1.54) is 0 Å². The molecule has 2 unspecified atom stereocenters. The molecule has 0 aromatic heterocycles. The van der Waals surface area contributed by atoms with Crippen molar-refractivity contribution in [1.29, 1.82) is 0 Å². The van der Waals surface area contributed by atoms with Crippen molar-refractivity contribution in [2.75, 3.05) is 0 Å². The predicted octanol–water partition coefficient (Wildman–Crippen LogP) is 3.16. The normalized spacial score (nSPS) is 18.0. The van der Waals surface area contributed by atoms with Crippen molar-refractivity contribution in [3.05, 3.63) is 60.2 Å². The second-order valence-electron chi connectivity index (χ2n) is 5.26. The van der Waals surface area contributed by atoms with Crippen LogP contribution >= 0.6 is 0 Å². The lowest BCUT2D eigenvalue weighted by atomic mass is 9.98. The molecule has 0 heterocycles. The molecule has 1 saturated carbocycles. The maximum Gasteiger partial charge on any atom is 0.105 e. The summed E-state index contributed by atoms with van der Waals surface area (Å²) in [5.74, 6) is 0.281. The molecule has 1 fully saturated rings. The number of hydrogen-bond donors (Lipinski definition) is 2. The zero-order chi connectivity index (χ0) is 13.2. The Labute approximate surface area is 113 Å². The Morgan fingerprint density at radius 2 is 1.37 bits per heavy atom. The van der Waals surface area contributed by atoms with Gasteiger partial charge < -0.3 is 10.2 Å². The van der Waals surface area contributed by atoms with Gasteiger partial charge in [0.25, 0.3) is 0 Å². The predicted molar refractivity (Wildman–Crippen MR) is 75.6 cm³/mol. The third-order valence-electron chi connectivity index (χ3n) is 3.79. The smallest absolute Gasteiger partial charge is 0.105 e. The van der Waals surface area contributed by atoms with E-state index in [-0.39, 0.29) is 5.92 Å². The molecule has 2 aromatic carbocycles. The average Bonchev–Trinajstić information content (AvgIpc) is 3.31. The fourth-order valence-corrected chi connectivity index (χ4v) is 2.40. The molecule has 2 N–H and O–H groups in total. The molecule has 1 aliphatic rings. The minimum Gasteiger partial charge on any atom is -0.390 e. The summed E-state index contributed by atoms with van der Waals surface area (Å²) in [4.78, 5) is 0. The first-order valence-electron chi connectivity index (χ1n) is 6.77. The molecule has 98 valence electrons. The Morgan fingerprint density at radius 1 is 0.789 bits per heavy atom. The molecule has 0 bridgehead atoms. The third kappa shape index (κ3) is 2.70. The van der Waals surface area contributed by atoms with Crippen molar-refractivity contribution >= 4 is 0 Å². The van der Waals surface area contributed by atoms with Gasteiger partial charge in [-0.3, -0.25) is 0 Å². The van der Waals surface area contributed by atoms with Crippen molar-refractivity contribution in [3.8, 4) is 11.1 Å². The zero-order valence-corrected chi connectivity index (χ0v) is 10.7. The molecular weight excluding hydrogens is 236 g/mol. The van der Waals surface area contributed by atoms with Crippen LogP contribution in [0.4, 0.5) is 0 Å². The van der Waals surface area contributed by atoms with E-state index < -0.39 is 12.2 Å². The van der Waals surface area contributed by atoms with Crippen LogP contribution in [0.25, 0.3) is 11.1 Å². The Morgan fingerprint density at radius 3 is 1.95 bits per heavy atom.